The van der Waals surface area contributed by atoms with E-state index < -0.39 is 78.6 Å². The maximum absolute atomic E-state index is 9.28. The van der Waals surface area contributed by atoms with E-state index >= 15 is 0 Å². The Kier molecular flexibility index (Phi) is 2.82. The molecule has 0 saturated heterocycles. The highest BCUT2D eigenvalue weighted by atomic mass is 16.3. The molecule has 0 radical (unpaired) electrons. The fourth-order valence-corrected chi connectivity index (χ4v) is 5.37. The summed E-state index contributed by atoms with van der Waals surface area (Å²) in [4.78, 5) is 0. The molecule has 0 spiro atoms. The Morgan fingerprint density at radius 2 is 0.974 bits per heavy atom. The van der Waals surface area contributed by atoms with Gasteiger partial charge in [0.25, 0.3) is 0 Å². The van der Waals surface area contributed by atoms with E-state index in [0.29, 0.717) is 22.1 Å². The van der Waals surface area contributed by atoms with Crippen LogP contribution in [-0.2, 0) is 0 Å². The normalized spacial score (nSPS) is 16.3. The van der Waals surface area contributed by atoms with Gasteiger partial charge in [0.05, 0.1) is 17.8 Å². The van der Waals surface area contributed by atoms with E-state index in [1.54, 1.807) is 36.4 Å². The predicted octanol–water partition coefficient (Wildman–Crippen LogP) is 10.9. The van der Waals surface area contributed by atoms with Crippen molar-refractivity contribution in [3.8, 4) is 33.4 Å². The minimum Gasteiger partial charge on any atom is -0.456 e. The van der Waals surface area contributed by atoms with Gasteiger partial charge < -0.3 is 4.42 Å². The topological polar surface area (TPSA) is 13.1 Å². The molecule has 7 aromatic carbocycles. The van der Waals surface area contributed by atoms with Crippen LogP contribution in [0.1, 0.15) is 17.8 Å². The van der Waals surface area contributed by atoms with Gasteiger partial charge in [0.15, 0.2) is 0 Å². The van der Waals surface area contributed by atoms with Crippen LogP contribution in [0.5, 0.6) is 0 Å². The second kappa shape index (κ2) is 8.72. The molecule has 1 aromatic heterocycles. The van der Waals surface area contributed by atoms with E-state index in [2.05, 4.69) is 0 Å². The zero-order valence-corrected chi connectivity index (χ0v) is 20.3. The van der Waals surface area contributed by atoms with Crippen molar-refractivity contribution in [2.75, 3.05) is 0 Å². The van der Waals surface area contributed by atoms with Crippen molar-refractivity contribution in [3.05, 3.63) is 145 Å². The summed E-state index contributed by atoms with van der Waals surface area (Å²) in [5.41, 5.74) is 1.82. The Hall–Kier alpha value is -5.14. The number of hydrogen-bond donors (Lipinski definition) is 0. The molecule has 0 unspecified atom stereocenters. The summed E-state index contributed by atoms with van der Waals surface area (Å²) in [7, 11) is 0. The largest absolute Gasteiger partial charge is 0.456 e. The van der Waals surface area contributed by atoms with Crippen LogP contribution in [0.4, 0.5) is 0 Å². The summed E-state index contributed by atoms with van der Waals surface area (Å²) < 4.78 is 120. The van der Waals surface area contributed by atoms with E-state index in [1.165, 1.54) is 6.07 Å². The molecule has 0 fully saturated rings. The summed E-state index contributed by atoms with van der Waals surface area (Å²) in [5, 5.41) is 1.32. The smallest absolute Gasteiger partial charge is 0.135 e. The van der Waals surface area contributed by atoms with Crippen molar-refractivity contribution in [3.63, 3.8) is 0 Å². The van der Waals surface area contributed by atoms with Crippen LogP contribution in [-0.4, -0.2) is 0 Å². The van der Waals surface area contributed by atoms with Crippen LogP contribution in [0.3, 0.4) is 0 Å². The maximum Gasteiger partial charge on any atom is 0.135 e. The molecule has 182 valence electrons. The predicted molar refractivity (Wildman–Crippen MR) is 165 cm³/mol. The van der Waals surface area contributed by atoms with Gasteiger partial charge in [-0.3, -0.25) is 0 Å². The molecule has 0 aliphatic rings. The van der Waals surface area contributed by atoms with Gasteiger partial charge in [-0.05, 0) is 73.1 Å². The molecule has 0 amide bonds. The molecular formula is C38H24O. The van der Waals surface area contributed by atoms with E-state index in [4.69, 9.17) is 16.8 Å². The summed E-state index contributed by atoms with van der Waals surface area (Å²) in [6, 6.07) is 11.9. The van der Waals surface area contributed by atoms with Crippen molar-refractivity contribution < 1.29 is 22.2 Å². The first-order valence-corrected chi connectivity index (χ1v) is 12.3. The Bertz CT molecular complexity index is 2780. The average Bonchev–Trinajstić information content (AvgIpc) is 3.53. The van der Waals surface area contributed by atoms with Crippen molar-refractivity contribution in [2.45, 2.75) is 0 Å². The SMILES string of the molecule is [2H]c1c([2H])c([2H])c(-c2ccccc2-c2c3c([2H])c([2H])c([2H])c([2H])c3c(-c3ccc4oc5ccccc5c4c3)c3c([2H])c([2H])c([2H])c([2H])c23)c([2H])c1[2H]. The lowest BCUT2D eigenvalue weighted by Crippen LogP contribution is -1.92. The summed E-state index contributed by atoms with van der Waals surface area (Å²) in [5.74, 6) is 0. The first-order chi connectivity index (χ1) is 24.8. The van der Waals surface area contributed by atoms with Gasteiger partial charge >= 0.3 is 0 Å². The minimum atomic E-state index is -0.595. The molecule has 1 heteroatoms. The van der Waals surface area contributed by atoms with Crippen molar-refractivity contribution >= 4 is 43.5 Å². The van der Waals surface area contributed by atoms with Crippen molar-refractivity contribution in [2.24, 2.45) is 0 Å². The quantitative estimate of drug-likeness (QED) is 0.216. The first-order valence-electron chi connectivity index (χ1n) is 18.8. The Balaban J connectivity index is 1.66. The van der Waals surface area contributed by atoms with Crippen molar-refractivity contribution in [1.29, 1.82) is 0 Å². The Morgan fingerprint density at radius 1 is 0.410 bits per heavy atom. The lowest BCUT2D eigenvalue weighted by molar-refractivity contribution is 0.669. The van der Waals surface area contributed by atoms with Crippen LogP contribution in [0.25, 0.3) is 76.9 Å². The number of para-hydroxylation sites is 1. The van der Waals surface area contributed by atoms with E-state index in [9.17, 15) is 5.48 Å². The van der Waals surface area contributed by atoms with Crippen LogP contribution >= 0.6 is 0 Å². The van der Waals surface area contributed by atoms with Crippen LogP contribution in [0, 0.1) is 0 Å². The van der Waals surface area contributed by atoms with E-state index in [0.717, 1.165) is 5.39 Å². The van der Waals surface area contributed by atoms with E-state index in [-0.39, 0.29) is 49.4 Å². The van der Waals surface area contributed by atoms with Gasteiger partial charge in [-0.25, -0.2) is 0 Å². The molecule has 0 aliphatic heterocycles. The second-order valence-corrected chi connectivity index (χ2v) is 9.10. The third-order valence-corrected chi connectivity index (χ3v) is 7.01. The molecule has 1 nitrogen and oxygen atoms in total. The third kappa shape index (κ3) is 3.41. The molecule has 0 bridgehead atoms. The van der Waals surface area contributed by atoms with Gasteiger partial charge in [-0.15, -0.1) is 0 Å². The fourth-order valence-electron chi connectivity index (χ4n) is 5.37. The van der Waals surface area contributed by atoms with Gasteiger partial charge in [0.1, 0.15) is 11.2 Å². The Labute approximate surface area is 244 Å². The standard InChI is InChI=1S/C38H24O/c1-2-12-25(13-3-1)27-14-4-5-16-29(27)38-32-19-8-6-17-30(32)37(31-18-7-9-20-33(31)38)26-22-23-36-34(24-26)28-15-10-11-21-35(28)39-36/h1-24H/i1D,2D,3D,6D,7D,8D,9D,12D,13D,17D,18D,19D,20D. The molecule has 8 aromatic rings. The highest BCUT2D eigenvalue weighted by molar-refractivity contribution is 6.23. The average molecular weight is 510 g/mol. The summed E-state index contributed by atoms with van der Waals surface area (Å²) >= 11 is 0. The number of benzene rings is 7. The van der Waals surface area contributed by atoms with Crippen molar-refractivity contribution in [1.82, 2.24) is 0 Å². The number of hydrogen-bond acceptors (Lipinski definition) is 1. The van der Waals surface area contributed by atoms with Crippen LogP contribution < -0.4 is 0 Å². The summed E-state index contributed by atoms with van der Waals surface area (Å²) in [6.07, 6.45) is 0. The number of fused-ring (bicyclic) bond motifs is 5. The Morgan fingerprint density at radius 3 is 1.69 bits per heavy atom. The molecular weight excluding hydrogens is 472 g/mol. The molecule has 0 N–H and O–H groups in total. The maximum atomic E-state index is 9.28. The van der Waals surface area contributed by atoms with E-state index in [1.807, 2.05) is 24.3 Å². The lowest BCUT2D eigenvalue weighted by Gasteiger charge is -2.19. The minimum absolute atomic E-state index is 0.00463. The summed E-state index contributed by atoms with van der Waals surface area (Å²) in [6.45, 7) is 0. The molecule has 8 rings (SSSR count). The van der Waals surface area contributed by atoms with Gasteiger partial charge in [0, 0.05) is 10.8 Å². The number of furan rings is 1. The zero-order chi connectivity index (χ0) is 37.1. The van der Waals surface area contributed by atoms with Crippen LogP contribution in [0.15, 0.2) is 150 Å². The fraction of sp³-hybridized carbons (Fsp3) is 0. The zero-order valence-electron chi connectivity index (χ0n) is 33.3. The molecule has 1 heterocycles. The molecule has 0 saturated carbocycles. The number of rotatable bonds is 3. The second-order valence-electron chi connectivity index (χ2n) is 9.10. The van der Waals surface area contributed by atoms with Gasteiger partial charge in [-0.1, -0.05) is 127 Å². The van der Waals surface area contributed by atoms with Gasteiger partial charge in [0.2, 0.25) is 0 Å². The molecule has 0 atom stereocenters. The molecule has 0 aliphatic carbocycles. The monoisotopic (exact) mass is 509 g/mol. The van der Waals surface area contributed by atoms with Gasteiger partial charge in [-0.2, -0.15) is 0 Å². The highest BCUT2D eigenvalue weighted by Gasteiger charge is 2.19. The third-order valence-electron chi connectivity index (χ3n) is 7.01. The highest BCUT2D eigenvalue weighted by Crippen LogP contribution is 2.46. The first kappa shape index (κ1) is 12.6. The molecule has 39 heavy (non-hydrogen) atoms. The lowest BCUT2D eigenvalue weighted by atomic mass is 9.83. The van der Waals surface area contributed by atoms with Crippen LogP contribution in [0.2, 0.25) is 0 Å².